The average Bonchev–Trinajstić information content (AvgIpc) is 2.47. The van der Waals surface area contributed by atoms with Crippen LogP contribution in [0.3, 0.4) is 0 Å². The Labute approximate surface area is 127 Å². The fourth-order valence-corrected chi connectivity index (χ4v) is 3.64. The van der Waals surface area contributed by atoms with Crippen LogP contribution in [-0.2, 0) is 14.9 Å². The van der Waals surface area contributed by atoms with Crippen LogP contribution in [0.25, 0.3) is 0 Å². The van der Waals surface area contributed by atoms with Crippen molar-refractivity contribution in [1.29, 1.82) is 0 Å². The van der Waals surface area contributed by atoms with Crippen LogP contribution in [0.5, 0.6) is 0 Å². The van der Waals surface area contributed by atoms with Crippen molar-refractivity contribution in [2.24, 2.45) is 0 Å². The van der Waals surface area contributed by atoms with Gasteiger partial charge in [0.1, 0.15) is 5.41 Å². The minimum absolute atomic E-state index is 0.0349. The Morgan fingerprint density at radius 2 is 2.00 bits per heavy atom. The summed E-state index contributed by atoms with van der Waals surface area (Å²) >= 11 is 0. The molecule has 2 rings (SSSR count). The molecule has 1 aliphatic rings. The van der Waals surface area contributed by atoms with Crippen LogP contribution < -0.4 is 0 Å². The Morgan fingerprint density at radius 1 is 1.33 bits per heavy atom. The number of hydrogen-bond acceptors (Lipinski definition) is 3. The molecule has 3 nitrogen and oxygen atoms in total. The molecule has 0 bridgehead atoms. The van der Waals surface area contributed by atoms with E-state index >= 15 is 0 Å². The summed E-state index contributed by atoms with van der Waals surface area (Å²) in [5, 5.41) is 0. The standard InChI is InChI=1S/C18H25NO2/c1-5-21-17(20)18(15-11-7-6-8-12-15)13-9-10-14(2)16(18)19(3)4/h6-8,10-12,16H,5,9,13H2,1-4H3/t16-,18-/m1/s1. The third kappa shape index (κ3) is 2.75. The molecule has 0 N–H and O–H groups in total. The number of hydrogen-bond donors (Lipinski definition) is 0. The van der Waals surface area contributed by atoms with Crippen LogP contribution >= 0.6 is 0 Å². The van der Waals surface area contributed by atoms with Gasteiger partial charge in [0.05, 0.1) is 12.6 Å². The van der Waals surface area contributed by atoms with E-state index in [4.69, 9.17) is 4.74 Å². The number of ether oxygens (including phenoxy) is 1. The molecular formula is C18H25NO2. The number of esters is 1. The van der Waals surface area contributed by atoms with Gasteiger partial charge in [0.2, 0.25) is 0 Å². The molecule has 114 valence electrons. The highest BCUT2D eigenvalue weighted by Gasteiger charge is 2.51. The summed E-state index contributed by atoms with van der Waals surface area (Å²) in [6.07, 6.45) is 3.94. The van der Waals surface area contributed by atoms with Crippen LogP contribution in [0.15, 0.2) is 42.0 Å². The molecule has 0 fully saturated rings. The van der Waals surface area contributed by atoms with Crippen LogP contribution in [0.2, 0.25) is 0 Å². The lowest BCUT2D eigenvalue weighted by atomic mass is 9.65. The monoisotopic (exact) mass is 287 g/mol. The smallest absolute Gasteiger partial charge is 0.318 e. The lowest BCUT2D eigenvalue weighted by Crippen LogP contribution is -2.55. The predicted molar refractivity (Wildman–Crippen MR) is 85.2 cm³/mol. The summed E-state index contributed by atoms with van der Waals surface area (Å²) in [5.74, 6) is -0.109. The van der Waals surface area contributed by atoms with Crippen molar-refractivity contribution in [1.82, 2.24) is 4.90 Å². The summed E-state index contributed by atoms with van der Waals surface area (Å²) in [7, 11) is 4.06. The third-order valence-electron chi connectivity index (χ3n) is 4.35. The molecule has 1 aliphatic carbocycles. The molecule has 0 amide bonds. The number of allylic oxidation sites excluding steroid dienone is 1. The lowest BCUT2D eigenvalue weighted by molar-refractivity contribution is -0.153. The maximum Gasteiger partial charge on any atom is 0.318 e. The highest BCUT2D eigenvalue weighted by Crippen LogP contribution is 2.42. The summed E-state index contributed by atoms with van der Waals surface area (Å²) in [6.45, 7) is 4.39. The minimum atomic E-state index is -0.612. The predicted octanol–water partition coefficient (Wildman–Crippen LogP) is 3.16. The van der Waals surface area contributed by atoms with Crippen molar-refractivity contribution in [3.05, 3.63) is 47.5 Å². The first-order chi connectivity index (χ1) is 10.0. The Bertz CT molecular complexity index is 521. The molecule has 0 aromatic heterocycles. The molecule has 21 heavy (non-hydrogen) atoms. The maximum absolute atomic E-state index is 12.9. The first kappa shape index (κ1) is 15.8. The van der Waals surface area contributed by atoms with Gasteiger partial charge in [-0.25, -0.2) is 0 Å². The first-order valence-corrected chi connectivity index (χ1v) is 7.60. The van der Waals surface area contributed by atoms with Gasteiger partial charge >= 0.3 is 5.97 Å². The van der Waals surface area contributed by atoms with E-state index in [-0.39, 0.29) is 12.0 Å². The van der Waals surface area contributed by atoms with Gasteiger partial charge in [-0.15, -0.1) is 0 Å². The van der Waals surface area contributed by atoms with E-state index in [9.17, 15) is 4.79 Å². The van der Waals surface area contributed by atoms with E-state index in [0.717, 1.165) is 18.4 Å². The quantitative estimate of drug-likeness (QED) is 0.629. The Morgan fingerprint density at radius 3 is 2.57 bits per heavy atom. The van der Waals surface area contributed by atoms with Crippen molar-refractivity contribution in [2.75, 3.05) is 20.7 Å². The molecule has 0 spiro atoms. The van der Waals surface area contributed by atoms with E-state index in [1.807, 2.05) is 51.4 Å². The zero-order valence-electron chi connectivity index (χ0n) is 13.4. The molecule has 0 saturated heterocycles. The summed E-state index contributed by atoms with van der Waals surface area (Å²) in [5.41, 5.74) is 1.68. The van der Waals surface area contributed by atoms with Gasteiger partial charge in [0.25, 0.3) is 0 Å². The zero-order chi connectivity index (χ0) is 15.5. The first-order valence-electron chi connectivity index (χ1n) is 7.60. The number of carbonyl (C=O) groups excluding carboxylic acids is 1. The molecule has 0 radical (unpaired) electrons. The van der Waals surface area contributed by atoms with E-state index < -0.39 is 5.41 Å². The second-order valence-electron chi connectivity index (χ2n) is 5.91. The van der Waals surface area contributed by atoms with Crippen LogP contribution in [0, 0.1) is 0 Å². The summed E-state index contributed by atoms with van der Waals surface area (Å²) in [6, 6.07) is 10.1. The summed E-state index contributed by atoms with van der Waals surface area (Å²) < 4.78 is 5.48. The lowest BCUT2D eigenvalue weighted by Gasteiger charge is -2.45. The van der Waals surface area contributed by atoms with Gasteiger partial charge < -0.3 is 9.64 Å². The van der Waals surface area contributed by atoms with Crippen LogP contribution in [0.1, 0.15) is 32.3 Å². The Kier molecular flexibility index (Phi) is 4.84. The van der Waals surface area contributed by atoms with Gasteiger partial charge in [0, 0.05) is 0 Å². The maximum atomic E-state index is 12.9. The molecule has 1 aromatic carbocycles. The molecule has 0 saturated carbocycles. The highest BCUT2D eigenvalue weighted by atomic mass is 16.5. The number of nitrogens with zero attached hydrogens (tertiary/aromatic N) is 1. The molecule has 2 atom stereocenters. The second-order valence-corrected chi connectivity index (χ2v) is 5.91. The Hall–Kier alpha value is -1.61. The number of carbonyl (C=O) groups is 1. The molecule has 3 heteroatoms. The van der Waals surface area contributed by atoms with Gasteiger partial charge in [-0.2, -0.15) is 0 Å². The minimum Gasteiger partial charge on any atom is -0.465 e. The Balaban J connectivity index is 2.60. The zero-order valence-corrected chi connectivity index (χ0v) is 13.4. The molecule has 0 unspecified atom stereocenters. The van der Waals surface area contributed by atoms with Crippen molar-refractivity contribution >= 4 is 5.97 Å². The third-order valence-corrected chi connectivity index (χ3v) is 4.35. The topological polar surface area (TPSA) is 29.5 Å². The fraction of sp³-hybridized carbons (Fsp3) is 0.500. The summed E-state index contributed by atoms with van der Waals surface area (Å²) in [4.78, 5) is 15.0. The molecule has 0 aliphatic heterocycles. The van der Waals surface area contributed by atoms with Gasteiger partial charge in [-0.1, -0.05) is 42.0 Å². The van der Waals surface area contributed by atoms with Crippen molar-refractivity contribution < 1.29 is 9.53 Å². The number of likely N-dealkylation sites (N-methyl/N-ethyl adjacent to an activating group) is 1. The van der Waals surface area contributed by atoms with Gasteiger partial charge in [-0.05, 0) is 46.3 Å². The van der Waals surface area contributed by atoms with Crippen molar-refractivity contribution in [2.45, 2.75) is 38.1 Å². The van der Waals surface area contributed by atoms with Gasteiger partial charge in [0.15, 0.2) is 0 Å². The second kappa shape index (κ2) is 6.44. The van der Waals surface area contributed by atoms with Crippen molar-refractivity contribution in [3.8, 4) is 0 Å². The molecule has 0 heterocycles. The highest BCUT2D eigenvalue weighted by molar-refractivity contribution is 5.85. The number of rotatable bonds is 4. The van der Waals surface area contributed by atoms with Crippen LogP contribution in [0.4, 0.5) is 0 Å². The fourth-order valence-electron chi connectivity index (χ4n) is 3.64. The van der Waals surface area contributed by atoms with Gasteiger partial charge in [-0.3, -0.25) is 4.79 Å². The van der Waals surface area contributed by atoms with E-state index in [0.29, 0.717) is 6.61 Å². The van der Waals surface area contributed by atoms with Crippen molar-refractivity contribution in [3.63, 3.8) is 0 Å². The SMILES string of the molecule is CCOC(=O)[C@@]1(c2ccccc2)CCC=C(C)[C@H]1N(C)C. The number of benzene rings is 1. The van der Waals surface area contributed by atoms with E-state index in [1.54, 1.807) is 0 Å². The van der Waals surface area contributed by atoms with E-state index in [2.05, 4.69) is 17.9 Å². The van der Waals surface area contributed by atoms with E-state index in [1.165, 1.54) is 5.57 Å². The largest absolute Gasteiger partial charge is 0.465 e. The normalized spacial score (nSPS) is 25.6. The molecular weight excluding hydrogens is 262 g/mol. The molecule has 1 aromatic rings. The average molecular weight is 287 g/mol. The van der Waals surface area contributed by atoms with Crippen LogP contribution in [-0.4, -0.2) is 37.6 Å².